The highest BCUT2D eigenvalue weighted by Crippen LogP contribution is 2.29. The Morgan fingerprint density at radius 3 is 2.48 bits per heavy atom. The fraction of sp³-hybridized carbons (Fsp3) is 0.200. The predicted molar refractivity (Wildman–Crippen MR) is 116 cm³/mol. The Morgan fingerprint density at radius 1 is 1.00 bits per heavy atom. The maximum Gasteiger partial charge on any atom is 0.319 e. The van der Waals surface area contributed by atoms with E-state index in [1.165, 1.54) is 18.3 Å². The van der Waals surface area contributed by atoms with Gasteiger partial charge in [-0.3, -0.25) is 14.9 Å². The number of para-hydroxylation sites is 1. The Bertz CT molecular complexity index is 1080. The van der Waals surface area contributed by atoms with Crippen molar-refractivity contribution >= 4 is 55.9 Å². The number of rotatable bonds is 5. The number of nitrogens with one attached hydrogen (secondary N) is 4. The van der Waals surface area contributed by atoms with Crippen molar-refractivity contribution in [3.63, 3.8) is 0 Å². The van der Waals surface area contributed by atoms with Gasteiger partial charge in [0.2, 0.25) is 5.91 Å². The topological polar surface area (TPSA) is 112 Å². The van der Waals surface area contributed by atoms with Gasteiger partial charge in [0.15, 0.2) is 5.13 Å². The molecule has 29 heavy (non-hydrogen) atoms. The molecule has 0 aliphatic rings. The van der Waals surface area contributed by atoms with Crippen molar-refractivity contribution in [2.24, 2.45) is 0 Å². The summed E-state index contributed by atoms with van der Waals surface area (Å²) in [6.07, 6.45) is 0. The first-order chi connectivity index (χ1) is 13.8. The number of carbonyl (C=O) groups is 3. The Morgan fingerprint density at radius 2 is 1.76 bits per heavy atom. The van der Waals surface area contributed by atoms with Crippen LogP contribution in [-0.2, 0) is 4.79 Å². The van der Waals surface area contributed by atoms with Crippen LogP contribution < -0.4 is 21.3 Å². The minimum atomic E-state index is -0.384. The summed E-state index contributed by atoms with van der Waals surface area (Å²) in [5.41, 5.74) is 2.10. The summed E-state index contributed by atoms with van der Waals surface area (Å²) in [4.78, 5) is 40.4. The molecular weight excluding hydrogens is 390 g/mol. The van der Waals surface area contributed by atoms with E-state index in [4.69, 9.17) is 0 Å². The van der Waals surface area contributed by atoms with Crippen molar-refractivity contribution in [1.29, 1.82) is 0 Å². The smallest absolute Gasteiger partial charge is 0.319 e. The molecule has 0 aliphatic carbocycles. The van der Waals surface area contributed by atoms with E-state index in [-0.39, 0.29) is 23.9 Å². The number of nitrogens with zero attached hydrogens (tertiary/aromatic N) is 1. The fourth-order valence-corrected chi connectivity index (χ4v) is 3.53. The molecule has 0 atom stereocenters. The molecule has 0 bridgehead atoms. The molecule has 1 heterocycles. The van der Waals surface area contributed by atoms with Gasteiger partial charge < -0.3 is 16.0 Å². The highest BCUT2D eigenvalue weighted by molar-refractivity contribution is 7.22. The van der Waals surface area contributed by atoms with E-state index in [0.717, 1.165) is 4.70 Å². The van der Waals surface area contributed by atoms with E-state index < -0.39 is 0 Å². The van der Waals surface area contributed by atoms with Crippen LogP contribution in [-0.4, -0.2) is 28.9 Å². The van der Waals surface area contributed by atoms with Gasteiger partial charge in [-0.2, -0.15) is 0 Å². The number of benzene rings is 2. The van der Waals surface area contributed by atoms with Gasteiger partial charge in [-0.05, 0) is 44.2 Å². The Balaban J connectivity index is 1.78. The SMILES string of the molecule is CC(=O)Nc1ccc2nc(NC(=O)c3ccccc3NC(=O)NC(C)C)sc2c1. The van der Waals surface area contributed by atoms with Gasteiger partial charge in [-0.25, -0.2) is 9.78 Å². The summed E-state index contributed by atoms with van der Waals surface area (Å²) in [6.45, 7) is 5.14. The monoisotopic (exact) mass is 411 g/mol. The molecule has 0 aliphatic heterocycles. The number of aromatic nitrogens is 1. The molecule has 0 unspecified atom stereocenters. The van der Waals surface area contributed by atoms with Crippen LogP contribution in [0.3, 0.4) is 0 Å². The number of amides is 4. The number of carbonyl (C=O) groups excluding carboxylic acids is 3. The summed E-state index contributed by atoms with van der Waals surface area (Å²) in [7, 11) is 0. The van der Waals surface area contributed by atoms with Gasteiger partial charge in [-0.15, -0.1) is 0 Å². The van der Waals surface area contributed by atoms with Gasteiger partial charge in [0.25, 0.3) is 5.91 Å². The minimum absolute atomic E-state index is 0.0267. The molecule has 3 aromatic rings. The number of anilines is 3. The molecule has 150 valence electrons. The highest BCUT2D eigenvalue weighted by Gasteiger charge is 2.15. The lowest BCUT2D eigenvalue weighted by molar-refractivity contribution is -0.114. The van der Waals surface area contributed by atoms with Crippen molar-refractivity contribution in [3.05, 3.63) is 48.0 Å². The van der Waals surface area contributed by atoms with Crippen molar-refractivity contribution in [2.75, 3.05) is 16.0 Å². The van der Waals surface area contributed by atoms with Crippen molar-refractivity contribution in [1.82, 2.24) is 10.3 Å². The largest absolute Gasteiger partial charge is 0.336 e. The molecule has 0 spiro atoms. The van der Waals surface area contributed by atoms with Crippen LogP contribution in [0.25, 0.3) is 10.2 Å². The number of hydrogen-bond acceptors (Lipinski definition) is 5. The van der Waals surface area contributed by atoms with Crippen LogP contribution in [0, 0.1) is 0 Å². The third-order valence-electron chi connectivity index (χ3n) is 3.77. The van der Waals surface area contributed by atoms with E-state index in [1.807, 2.05) is 13.8 Å². The van der Waals surface area contributed by atoms with Crippen molar-refractivity contribution < 1.29 is 14.4 Å². The first kappa shape index (κ1) is 20.3. The van der Waals surface area contributed by atoms with E-state index in [1.54, 1.807) is 42.5 Å². The maximum atomic E-state index is 12.8. The number of fused-ring (bicyclic) bond motifs is 1. The van der Waals surface area contributed by atoms with Gasteiger partial charge >= 0.3 is 6.03 Å². The molecule has 4 N–H and O–H groups in total. The quantitative estimate of drug-likeness (QED) is 0.508. The fourth-order valence-electron chi connectivity index (χ4n) is 2.63. The molecule has 0 saturated carbocycles. The molecule has 0 radical (unpaired) electrons. The second-order valence-corrected chi connectivity index (χ2v) is 7.67. The zero-order chi connectivity index (χ0) is 21.0. The second-order valence-electron chi connectivity index (χ2n) is 6.64. The van der Waals surface area contributed by atoms with Gasteiger partial charge in [0, 0.05) is 18.7 Å². The average Bonchev–Trinajstić information content (AvgIpc) is 3.02. The normalized spacial score (nSPS) is 10.6. The second kappa shape index (κ2) is 8.70. The lowest BCUT2D eigenvalue weighted by Gasteiger charge is -2.13. The highest BCUT2D eigenvalue weighted by atomic mass is 32.1. The first-order valence-corrected chi connectivity index (χ1v) is 9.79. The zero-order valence-electron chi connectivity index (χ0n) is 16.2. The van der Waals surface area contributed by atoms with E-state index in [2.05, 4.69) is 26.3 Å². The number of hydrogen-bond donors (Lipinski definition) is 4. The summed E-state index contributed by atoms with van der Waals surface area (Å²) in [6, 6.07) is 11.7. The van der Waals surface area contributed by atoms with E-state index in [9.17, 15) is 14.4 Å². The van der Waals surface area contributed by atoms with Crippen LogP contribution in [0.5, 0.6) is 0 Å². The molecule has 2 aromatic carbocycles. The third-order valence-corrected chi connectivity index (χ3v) is 4.70. The number of urea groups is 1. The average molecular weight is 411 g/mol. The first-order valence-electron chi connectivity index (χ1n) is 8.98. The summed E-state index contributed by atoms with van der Waals surface area (Å²) >= 11 is 1.30. The predicted octanol–water partition coefficient (Wildman–Crippen LogP) is 4.04. The summed E-state index contributed by atoms with van der Waals surface area (Å²) in [5.74, 6) is -0.542. The standard InChI is InChI=1S/C20H21N5O3S/c1-11(2)21-19(28)23-15-7-5-4-6-14(15)18(27)25-20-24-16-9-8-13(22-12(3)26)10-17(16)29-20/h4-11H,1-3H3,(H,22,26)(H2,21,23,28)(H,24,25,27). The van der Waals surface area contributed by atoms with Crippen LogP contribution >= 0.6 is 11.3 Å². The van der Waals surface area contributed by atoms with Crippen LogP contribution in [0.4, 0.5) is 21.3 Å². The third kappa shape index (κ3) is 5.29. The van der Waals surface area contributed by atoms with Crippen molar-refractivity contribution in [3.8, 4) is 0 Å². The molecule has 0 fully saturated rings. The molecular formula is C20H21N5O3S. The van der Waals surface area contributed by atoms with Crippen LogP contribution in [0.1, 0.15) is 31.1 Å². The molecule has 0 saturated heterocycles. The molecule has 8 nitrogen and oxygen atoms in total. The Kier molecular flexibility index (Phi) is 6.08. The Labute approximate surface area is 171 Å². The lowest BCUT2D eigenvalue weighted by atomic mass is 10.1. The molecule has 9 heteroatoms. The minimum Gasteiger partial charge on any atom is -0.336 e. The van der Waals surface area contributed by atoms with Gasteiger partial charge in [0.1, 0.15) is 0 Å². The number of thiazole rings is 1. The van der Waals surface area contributed by atoms with Gasteiger partial charge in [0.05, 0.1) is 21.5 Å². The van der Waals surface area contributed by atoms with E-state index >= 15 is 0 Å². The van der Waals surface area contributed by atoms with Gasteiger partial charge in [-0.1, -0.05) is 23.5 Å². The molecule has 4 amide bonds. The lowest BCUT2D eigenvalue weighted by Crippen LogP contribution is -2.34. The Hall–Kier alpha value is -3.46. The van der Waals surface area contributed by atoms with Crippen molar-refractivity contribution in [2.45, 2.75) is 26.8 Å². The van der Waals surface area contributed by atoms with Crippen LogP contribution in [0.2, 0.25) is 0 Å². The van der Waals surface area contributed by atoms with E-state index in [0.29, 0.717) is 27.6 Å². The summed E-state index contributed by atoms with van der Waals surface area (Å²) in [5, 5.41) is 11.3. The molecule has 1 aromatic heterocycles. The summed E-state index contributed by atoms with van der Waals surface area (Å²) < 4.78 is 0.828. The molecule has 3 rings (SSSR count). The maximum absolute atomic E-state index is 12.8. The van der Waals surface area contributed by atoms with Crippen LogP contribution in [0.15, 0.2) is 42.5 Å². The zero-order valence-corrected chi connectivity index (χ0v) is 17.0.